The van der Waals surface area contributed by atoms with Crippen molar-refractivity contribution in [2.75, 3.05) is 20.3 Å². The van der Waals surface area contributed by atoms with E-state index in [-0.39, 0.29) is 12.5 Å². The molecule has 0 bridgehead atoms. The number of rotatable bonds is 4. The largest absolute Gasteiger partial charge is 0.497 e. The third-order valence-electron chi connectivity index (χ3n) is 5.38. The van der Waals surface area contributed by atoms with E-state index >= 15 is 0 Å². The minimum absolute atomic E-state index is 0.193. The fourth-order valence-corrected chi connectivity index (χ4v) is 3.87. The van der Waals surface area contributed by atoms with Crippen molar-refractivity contribution < 1.29 is 19.1 Å². The lowest BCUT2D eigenvalue weighted by Gasteiger charge is -2.18. The van der Waals surface area contributed by atoms with Gasteiger partial charge in [-0.05, 0) is 49.6 Å². The van der Waals surface area contributed by atoms with E-state index in [0.717, 1.165) is 27.7 Å². The number of aromatic amines is 1. The zero-order valence-electron chi connectivity index (χ0n) is 17.3. The van der Waals surface area contributed by atoms with Crippen LogP contribution < -0.4 is 4.74 Å². The summed E-state index contributed by atoms with van der Waals surface area (Å²) in [5, 5.41) is 1.07. The molecule has 1 aliphatic heterocycles. The number of ether oxygens (including phenoxy) is 2. The summed E-state index contributed by atoms with van der Waals surface area (Å²) in [7, 11) is 1.56. The molecule has 1 N–H and O–H groups in total. The number of aryl methyl sites for hydroxylation is 1. The van der Waals surface area contributed by atoms with Crippen LogP contribution in [0.1, 0.15) is 34.1 Å². The number of esters is 1. The number of hydrogen-bond acceptors (Lipinski definition) is 4. The minimum Gasteiger partial charge on any atom is -0.497 e. The average molecular weight is 404 g/mol. The van der Waals surface area contributed by atoms with Gasteiger partial charge in [-0.25, -0.2) is 4.79 Å². The molecule has 2 aromatic carbocycles. The summed E-state index contributed by atoms with van der Waals surface area (Å²) in [5.74, 6) is -0.0356. The first-order chi connectivity index (χ1) is 14.5. The smallest absolute Gasteiger partial charge is 0.341 e. The van der Waals surface area contributed by atoms with Crippen LogP contribution in [0.2, 0.25) is 0 Å². The number of nitrogens with one attached hydrogen (secondary N) is 1. The van der Waals surface area contributed by atoms with Crippen molar-refractivity contribution in [3.05, 3.63) is 71.0 Å². The van der Waals surface area contributed by atoms with Crippen LogP contribution in [-0.4, -0.2) is 42.0 Å². The van der Waals surface area contributed by atoms with E-state index in [4.69, 9.17) is 9.47 Å². The van der Waals surface area contributed by atoms with Crippen molar-refractivity contribution in [2.45, 2.75) is 20.3 Å². The van der Waals surface area contributed by atoms with Crippen molar-refractivity contribution >= 4 is 28.4 Å². The van der Waals surface area contributed by atoms with E-state index in [1.165, 1.54) is 0 Å². The zero-order chi connectivity index (χ0) is 21.3. The van der Waals surface area contributed by atoms with Gasteiger partial charge in [0, 0.05) is 29.2 Å². The molecule has 154 valence electrons. The molecular weight excluding hydrogens is 380 g/mol. The topological polar surface area (TPSA) is 71.6 Å². The minimum atomic E-state index is -0.451. The molecule has 6 heteroatoms. The van der Waals surface area contributed by atoms with Gasteiger partial charge in [-0.1, -0.05) is 24.3 Å². The Morgan fingerprint density at radius 2 is 1.97 bits per heavy atom. The number of carbonyl (C=O) groups is 2. The molecule has 0 aliphatic carbocycles. The quantitative estimate of drug-likeness (QED) is 0.665. The van der Waals surface area contributed by atoms with Crippen LogP contribution in [0.15, 0.2) is 48.7 Å². The van der Waals surface area contributed by atoms with Crippen LogP contribution in [0, 0.1) is 6.92 Å². The first kappa shape index (κ1) is 19.8. The Hall–Kier alpha value is -3.54. The highest BCUT2D eigenvalue weighted by Crippen LogP contribution is 2.33. The first-order valence-corrected chi connectivity index (χ1v) is 9.98. The van der Waals surface area contributed by atoms with Crippen LogP contribution in [-0.2, 0) is 16.0 Å². The highest BCUT2D eigenvalue weighted by Gasteiger charge is 2.28. The number of H-pyrrole nitrogens is 1. The molecule has 0 saturated heterocycles. The molecule has 0 fully saturated rings. The first-order valence-electron chi connectivity index (χ1n) is 9.98. The number of amides is 1. The fourth-order valence-electron chi connectivity index (χ4n) is 3.87. The molecule has 0 radical (unpaired) electrons. The predicted molar refractivity (Wildman–Crippen MR) is 115 cm³/mol. The van der Waals surface area contributed by atoms with E-state index < -0.39 is 5.97 Å². The van der Waals surface area contributed by atoms with Gasteiger partial charge in [0.1, 0.15) is 5.75 Å². The molecule has 2 heterocycles. The standard InChI is InChI=1S/C24H24N2O4/c1-4-30-24(28)20-14-26(23(27)16-8-6-9-17(13-16)29-3)12-11-19-18-10-5-7-15(2)21(18)25-22(19)20/h5-10,13-14,25H,4,11-12H2,1-3H3. The number of carbonyl (C=O) groups excluding carboxylic acids is 2. The van der Waals surface area contributed by atoms with Crippen molar-refractivity contribution in [2.24, 2.45) is 0 Å². The maximum absolute atomic E-state index is 13.2. The summed E-state index contributed by atoms with van der Waals surface area (Å²) >= 11 is 0. The third-order valence-corrected chi connectivity index (χ3v) is 5.38. The van der Waals surface area contributed by atoms with Gasteiger partial charge in [-0.2, -0.15) is 0 Å². The summed E-state index contributed by atoms with van der Waals surface area (Å²) in [6.45, 7) is 4.51. The number of nitrogens with zero attached hydrogens (tertiary/aromatic N) is 1. The van der Waals surface area contributed by atoms with Gasteiger partial charge in [-0.3, -0.25) is 4.79 Å². The predicted octanol–water partition coefficient (Wildman–Crippen LogP) is 4.09. The van der Waals surface area contributed by atoms with Gasteiger partial charge < -0.3 is 19.4 Å². The molecule has 30 heavy (non-hydrogen) atoms. The highest BCUT2D eigenvalue weighted by atomic mass is 16.5. The summed E-state index contributed by atoms with van der Waals surface area (Å²) in [6, 6.07) is 13.1. The SMILES string of the molecule is CCOC(=O)C1=CN(C(=O)c2cccc(OC)c2)CCc2c1[nH]c1c(C)cccc21. The molecule has 3 aromatic rings. The summed E-state index contributed by atoms with van der Waals surface area (Å²) in [6.07, 6.45) is 2.23. The van der Waals surface area contributed by atoms with E-state index in [2.05, 4.69) is 4.98 Å². The van der Waals surface area contributed by atoms with Gasteiger partial charge >= 0.3 is 5.97 Å². The van der Waals surface area contributed by atoms with Gasteiger partial charge in [0.25, 0.3) is 5.91 Å². The van der Waals surface area contributed by atoms with Crippen LogP contribution in [0.4, 0.5) is 0 Å². The van der Waals surface area contributed by atoms with Gasteiger partial charge in [0.15, 0.2) is 0 Å². The molecule has 1 aliphatic rings. The third kappa shape index (κ3) is 3.45. The van der Waals surface area contributed by atoms with E-state index in [1.54, 1.807) is 49.4 Å². The lowest BCUT2D eigenvalue weighted by Crippen LogP contribution is -2.28. The summed E-state index contributed by atoms with van der Waals surface area (Å²) < 4.78 is 10.5. The molecule has 0 atom stereocenters. The maximum atomic E-state index is 13.2. The van der Waals surface area contributed by atoms with Crippen LogP contribution in [0.5, 0.6) is 5.75 Å². The van der Waals surface area contributed by atoms with Crippen LogP contribution >= 0.6 is 0 Å². The Morgan fingerprint density at radius 3 is 2.73 bits per heavy atom. The Labute approximate surface area is 175 Å². The number of para-hydroxylation sites is 1. The second kappa shape index (κ2) is 8.06. The van der Waals surface area contributed by atoms with Crippen molar-refractivity contribution in [1.82, 2.24) is 9.88 Å². The number of methoxy groups -OCH3 is 1. The second-order valence-corrected chi connectivity index (χ2v) is 7.22. The molecular formula is C24H24N2O4. The molecule has 0 saturated carbocycles. The van der Waals surface area contributed by atoms with E-state index in [9.17, 15) is 9.59 Å². The van der Waals surface area contributed by atoms with Gasteiger partial charge in [-0.15, -0.1) is 0 Å². The van der Waals surface area contributed by atoms with Crippen molar-refractivity contribution in [3.63, 3.8) is 0 Å². The molecule has 6 nitrogen and oxygen atoms in total. The lowest BCUT2D eigenvalue weighted by atomic mass is 10.0. The normalized spacial score (nSPS) is 13.4. The monoisotopic (exact) mass is 404 g/mol. The zero-order valence-corrected chi connectivity index (χ0v) is 17.3. The number of aromatic nitrogens is 1. The molecule has 0 spiro atoms. The number of hydrogen-bond donors (Lipinski definition) is 1. The summed E-state index contributed by atoms with van der Waals surface area (Å²) in [4.78, 5) is 31.0. The molecule has 1 amide bonds. The van der Waals surface area contributed by atoms with Gasteiger partial charge in [0.2, 0.25) is 0 Å². The average Bonchev–Trinajstić information content (AvgIpc) is 3.02. The fraction of sp³-hybridized carbons (Fsp3) is 0.250. The van der Waals surface area contributed by atoms with E-state index in [0.29, 0.717) is 29.9 Å². The molecule has 0 unspecified atom stereocenters. The number of fused-ring (bicyclic) bond motifs is 3. The van der Waals surface area contributed by atoms with Crippen LogP contribution in [0.25, 0.3) is 16.5 Å². The Bertz CT molecular complexity index is 1160. The van der Waals surface area contributed by atoms with Crippen molar-refractivity contribution in [3.8, 4) is 5.75 Å². The van der Waals surface area contributed by atoms with E-state index in [1.807, 2.05) is 25.1 Å². The van der Waals surface area contributed by atoms with Crippen LogP contribution in [0.3, 0.4) is 0 Å². The molecule has 4 rings (SSSR count). The summed E-state index contributed by atoms with van der Waals surface area (Å²) in [5.41, 5.74) is 4.71. The Morgan fingerprint density at radius 1 is 1.17 bits per heavy atom. The van der Waals surface area contributed by atoms with Gasteiger partial charge in [0.05, 0.1) is 25.0 Å². The lowest BCUT2D eigenvalue weighted by molar-refractivity contribution is -0.136. The second-order valence-electron chi connectivity index (χ2n) is 7.22. The Kier molecular flexibility index (Phi) is 5.31. The number of benzene rings is 2. The maximum Gasteiger partial charge on any atom is 0.341 e. The Balaban J connectivity index is 1.80. The highest BCUT2D eigenvalue weighted by molar-refractivity contribution is 6.18. The van der Waals surface area contributed by atoms with Crippen molar-refractivity contribution in [1.29, 1.82) is 0 Å². The molecule has 1 aromatic heterocycles.